The van der Waals surface area contributed by atoms with Crippen LogP contribution in [0.1, 0.15) is 49.3 Å². The van der Waals surface area contributed by atoms with Crippen LogP contribution in [0.25, 0.3) is 0 Å². The molecule has 1 saturated carbocycles. The van der Waals surface area contributed by atoms with E-state index in [4.69, 9.17) is 0 Å². The lowest BCUT2D eigenvalue weighted by molar-refractivity contribution is -0.137. The molecule has 5 heteroatoms. The molecule has 5 nitrogen and oxygen atoms in total. The fraction of sp³-hybridized carbons (Fsp3) is 0.579. The highest BCUT2D eigenvalue weighted by molar-refractivity contribution is 5.93. The van der Waals surface area contributed by atoms with Crippen LogP contribution < -0.4 is 10.6 Å². The summed E-state index contributed by atoms with van der Waals surface area (Å²) in [5, 5.41) is 5.82. The normalized spacial score (nSPS) is 18.0. The highest BCUT2D eigenvalue weighted by Crippen LogP contribution is 2.30. The first-order valence-corrected chi connectivity index (χ1v) is 8.67. The van der Waals surface area contributed by atoms with Crippen molar-refractivity contribution in [2.24, 2.45) is 0 Å². The van der Waals surface area contributed by atoms with Gasteiger partial charge in [0.1, 0.15) is 11.6 Å². The van der Waals surface area contributed by atoms with Crippen LogP contribution in [0.15, 0.2) is 24.3 Å². The van der Waals surface area contributed by atoms with E-state index in [-0.39, 0.29) is 11.8 Å². The number of hydrogen-bond acceptors (Lipinski definition) is 3. The molecule has 0 unspecified atom stereocenters. The second-order valence-corrected chi connectivity index (χ2v) is 6.99. The molecule has 1 aromatic carbocycles. The Morgan fingerprint density at radius 2 is 1.83 bits per heavy atom. The summed E-state index contributed by atoms with van der Waals surface area (Å²) in [4.78, 5) is 27.4. The van der Waals surface area contributed by atoms with Gasteiger partial charge in [0, 0.05) is 7.05 Å². The summed E-state index contributed by atoms with van der Waals surface area (Å²) in [5.41, 5.74) is 1.29. The summed E-state index contributed by atoms with van der Waals surface area (Å²) in [6.07, 6.45) is 4.44. The molecular formula is C19H29N3O2. The number of nitrogens with one attached hydrogen (secondary N) is 2. The summed E-state index contributed by atoms with van der Waals surface area (Å²) in [7, 11) is 5.41. The van der Waals surface area contributed by atoms with Crippen LogP contribution in [0.3, 0.4) is 0 Å². The Bertz CT molecular complexity index is 592. The highest BCUT2D eigenvalue weighted by atomic mass is 16.2. The topological polar surface area (TPSA) is 61.4 Å². The molecule has 1 aromatic rings. The Hall–Kier alpha value is -1.88. The van der Waals surface area contributed by atoms with Gasteiger partial charge in [-0.15, -0.1) is 0 Å². The Morgan fingerprint density at radius 1 is 1.17 bits per heavy atom. The third kappa shape index (κ3) is 3.96. The molecule has 132 valence electrons. The minimum Gasteiger partial charge on any atom is -0.357 e. The fourth-order valence-electron chi connectivity index (χ4n) is 3.63. The van der Waals surface area contributed by atoms with E-state index in [1.807, 2.05) is 50.2 Å². The van der Waals surface area contributed by atoms with Gasteiger partial charge in [-0.3, -0.25) is 14.5 Å². The van der Waals surface area contributed by atoms with Crippen molar-refractivity contribution in [3.8, 4) is 0 Å². The van der Waals surface area contributed by atoms with Gasteiger partial charge < -0.3 is 10.6 Å². The van der Waals surface area contributed by atoms with Gasteiger partial charge in [-0.05, 0) is 39.4 Å². The quantitative estimate of drug-likeness (QED) is 0.869. The number of likely N-dealkylation sites (N-methyl/N-ethyl adjacent to an activating group) is 2. The summed E-state index contributed by atoms with van der Waals surface area (Å²) in [6, 6.07) is 7.56. The molecule has 2 N–H and O–H groups in total. The van der Waals surface area contributed by atoms with Crippen LogP contribution in [-0.2, 0) is 9.59 Å². The molecule has 1 atom stereocenters. The van der Waals surface area contributed by atoms with E-state index in [0.29, 0.717) is 12.8 Å². The zero-order valence-corrected chi connectivity index (χ0v) is 15.2. The van der Waals surface area contributed by atoms with Crippen molar-refractivity contribution < 1.29 is 9.59 Å². The van der Waals surface area contributed by atoms with E-state index < -0.39 is 11.6 Å². The zero-order chi connectivity index (χ0) is 17.7. The largest absolute Gasteiger partial charge is 0.357 e. The van der Waals surface area contributed by atoms with E-state index in [9.17, 15) is 9.59 Å². The summed E-state index contributed by atoms with van der Waals surface area (Å²) in [6.45, 7) is 2.02. The van der Waals surface area contributed by atoms with E-state index in [1.165, 1.54) is 0 Å². The van der Waals surface area contributed by atoms with Gasteiger partial charge >= 0.3 is 0 Å². The molecule has 0 heterocycles. The monoisotopic (exact) mass is 331 g/mol. The number of amides is 2. The molecular weight excluding hydrogens is 302 g/mol. The number of aryl methyl sites for hydroxylation is 1. The Labute approximate surface area is 144 Å². The van der Waals surface area contributed by atoms with Crippen LogP contribution in [-0.4, -0.2) is 43.4 Å². The SMILES string of the molecule is CNC(=O)C1(NC(=O)[C@@H](c2cccc(C)c2)N(C)C)CCCCC1. The van der Waals surface area contributed by atoms with Crippen molar-refractivity contribution in [1.29, 1.82) is 0 Å². The smallest absolute Gasteiger partial charge is 0.245 e. The highest BCUT2D eigenvalue weighted by Gasteiger charge is 2.41. The molecule has 2 amide bonds. The van der Waals surface area contributed by atoms with E-state index in [2.05, 4.69) is 10.6 Å². The Morgan fingerprint density at radius 3 is 2.38 bits per heavy atom. The lowest BCUT2D eigenvalue weighted by atomic mass is 9.80. The standard InChI is InChI=1S/C19H29N3O2/c1-14-9-8-10-15(13-14)16(22(3)4)17(23)21-19(18(24)20-2)11-6-5-7-12-19/h8-10,13,16H,5-7,11-12H2,1-4H3,(H,20,24)(H,21,23)/t16-/m1/s1. The van der Waals surface area contributed by atoms with Crippen LogP contribution in [0, 0.1) is 6.92 Å². The van der Waals surface area contributed by atoms with Gasteiger partial charge in [-0.25, -0.2) is 0 Å². The first kappa shape index (κ1) is 18.5. The van der Waals surface area contributed by atoms with Crippen LogP contribution in [0.2, 0.25) is 0 Å². The second-order valence-electron chi connectivity index (χ2n) is 6.99. The Kier molecular flexibility index (Phi) is 5.99. The zero-order valence-electron chi connectivity index (χ0n) is 15.2. The van der Waals surface area contributed by atoms with Gasteiger partial charge in [0.25, 0.3) is 0 Å². The number of benzene rings is 1. The van der Waals surface area contributed by atoms with Crippen molar-refractivity contribution in [2.45, 2.75) is 50.6 Å². The lowest BCUT2D eigenvalue weighted by Gasteiger charge is -2.38. The van der Waals surface area contributed by atoms with Crippen LogP contribution in [0.4, 0.5) is 0 Å². The van der Waals surface area contributed by atoms with Crippen molar-refractivity contribution in [3.63, 3.8) is 0 Å². The molecule has 1 aliphatic carbocycles. The maximum atomic E-state index is 13.1. The van der Waals surface area contributed by atoms with E-state index in [0.717, 1.165) is 30.4 Å². The van der Waals surface area contributed by atoms with Crippen LogP contribution >= 0.6 is 0 Å². The summed E-state index contributed by atoms with van der Waals surface area (Å²) in [5.74, 6) is -0.201. The van der Waals surface area contributed by atoms with Crippen LogP contribution in [0.5, 0.6) is 0 Å². The van der Waals surface area contributed by atoms with Gasteiger partial charge in [0.15, 0.2) is 0 Å². The minimum absolute atomic E-state index is 0.0858. The van der Waals surface area contributed by atoms with Gasteiger partial charge in [-0.2, -0.15) is 0 Å². The lowest BCUT2D eigenvalue weighted by Crippen LogP contribution is -2.60. The fourth-order valence-corrected chi connectivity index (χ4v) is 3.63. The minimum atomic E-state index is -0.776. The summed E-state index contributed by atoms with van der Waals surface area (Å²) < 4.78 is 0. The first-order chi connectivity index (χ1) is 11.4. The molecule has 1 fully saturated rings. The predicted molar refractivity (Wildman–Crippen MR) is 95.6 cm³/mol. The first-order valence-electron chi connectivity index (χ1n) is 8.67. The number of nitrogens with zero attached hydrogens (tertiary/aromatic N) is 1. The maximum absolute atomic E-state index is 13.1. The predicted octanol–water partition coefficient (Wildman–Crippen LogP) is 2.16. The Balaban J connectivity index is 2.27. The van der Waals surface area contributed by atoms with Gasteiger partial charge in [0.2, 0.25) is 11.8 Å². The average Bonchev–Trinajstić information content (AvgIpc) is 2.54. The second kappa shape index (κ2) is 7.79. The molecule has 24 heavy (non-hydrogen) atoms. The molecule has 0 radical (unpaired) electrons. The summed E-state index contributed by atoms with van der Waals surface area (Å²) >= 11 is 0. The van der Waals surface area contributed by atoms with Gasteiger partial charge in [0.05, 0.1) is 0 Å². The number of carbonyl (C=O) groups excluding carboxylic acids is 2. The van der Waals surface area contributed by atoms with E-state index in [1.54, 1.807) is 7.05 Å². The third-order valence-electron chi connectivity index (χ3n) is 4.85. The molecule has 0 aromatic heterocycles. The number of hydrogen-bond donors (Lipinski definition) is 2. The molecule has 0 saturated heterocycles. The molecule has 2 rings (SSSR count). The van der Waals surface area contributed by atoms with E-state index >= 15 is 0 Å². The molecule has 0 spiro atoms. The number of carbonyl (C=O) groups is 2. The molecule has 0 bridgehead atoms. The third-order valence-corrected chi connectivity index (χ3v) is 4.85. The van der Waals surface area contributed by atoms with Crippen molar-refractivity contribution in [1.82, 2.24) is 15.5 Å². The molecule has 0 aliphatic heterocycles. The van der Waals surface area contributed by atoms with Crippen molar-refractivity contribution in [2.75, 3.05) is 21.1 Å². The van der Waals surface area contributed by atoms with Gasteiger partial charge in [-0.1, -0.05) is 49.1 Å². The van der Waals surface area contributed by atoms with Crippen molar-refractivity contribution >= 4 is 11.8 Å². The average molecular weight is 331 g/mol. The number of rotatable bonds is 5. The van der Waals surface area contributed by atoms with Crippen molar-refractivity contribution in [3.05, 3.63) is 35.4 Å². The maximum Gasteiger partial charge on any atom is 0.245 e. The molecule has 1 aliphatic rings.